The first-order valence-electron chi connectivity index (χ1n) is 11.5. The Balaban J connectivity index is 1.55. The third-order valence-corrected chi connectivity index (χ3v) is 6.24. The van der Waals surface area contributed by atoms with E-state index in [1.165, 1.54) is 12.1 Å². The monoisotopic (exact) mass is 437 g/mol. The number of aromatic nitrogens is 3. The number of nitrogens with one attached hydrogen (secondary N) is 1. The maximum atomic E-state index is 13.3. The Hall–Kier alpha value is -2.80. The molecule has 1 unspecified atom stereocenters. The van der Waals surface area contributed by atoms with Crippen LogP contribution in [0.15, 0.2) is 30.3 Å². The molecule has 32 heavy (non-hydrogen) atoms. The zero-order valence-corrected chi connectivity index (χ0v) is 19.4. The van der Waals surface area contributed by atoms with Crippen molar-refractivity contribution in [3.63, 3.8) is 0 Å². The fourth-order valence-corrected chi connectivity index (χ4v) is 4.68. The average Bonchev–Trinajstić information content (AvgIpc) is 3.35. The largest absolute Gasteiger partial charge is 0.354 e. The van der Waals surface area contributed by atoms with Gasteiger partial charge in [-0.2, -0.15) is 5.10 Å². The highest BCUT2D eigenvalue weighted by molar-refractivity contribution is 5.76. The van der Waals surface area contributed by atoms with Crippen LogP contribution < -0.4 is 5.32 Å². The van der Waals surface area contributed by atoms with Gasteiger partial charge in [-0.1, -0.05) is 12.1 Å². The van der Waals surface area contributed by atoms with E-state index in [0.717, 1.165) is 59.8 Å². The van der Waals surface area contributed by atoms with Crippen LogP contribution >= 0.6 is 0 Å². The molecule has 1 aliphatic rings. The van der Waals surface area contributed by atoms with Crippen molar-refractivity contribution in [1.82, 2.24) is 24.8 Å². The van der Waals surface area contributed by atoms with E-state index in [-0.39, 0.29) is 23.8 Å². The molecule has 2 aromatic heterocycles. The maximum absolute atomic E-state index is 13.3. The smallest absolute Gasteiger partial charge is 0.220 e. The molecule has 1 amide bonds. The lowest BCUT2D eigenvalue weighted by Crippen LogP contribution is -2.30. The standard InChI is InChI=1S/C25H32FN5O/c1-16(2)27-25(32)12-11-21-17(3)28-24-14-22(29-31(24)18(21)4)23-6-5-13-30(23)15-19-7-9-20(26)10-8-19/h7-10,14,16,23H,5-6,11-13,15H2,1-4H3,(H,27,32). The summed E-state index contributed by atoms with van der Waals surface area (Å²) < 4.78 is 15.2. The molecular weight excluding hydrogens is 405 g/mol. The summed E-state index contributed by atoms with van der Waals surface area (Å²) in [6.07, 6.45) is 3.25. The zero-order valence-electron chi connectivity index (χ0n) is 19.4. The number of rotatable bonds is 7. The van der Waals surface area contributed by atoms with Crippen LogP contribution in [0.3, 0.4) is 0 Å². The number of fused-ring (bicyclic) bond motifs is 1. The van der Waals surface area contributed by atoms with Gasteiger partial charge in [0.25, 0.3) is 0 Å². The predicted octanol–water partition coefficient (Wildman–Crippen LogP) is 4.28. The second-order valence-electron chi connectivity index (χ2n) is 9.08. The number of benzene rings is 1. The SMILES string of the molecule is Cc1nc2cc(C3CCCN3Cc3ccc(F)cc3)nn2c(C)c1CCC(=O)NC(C)C. The molecule has 0 radical (unpaired) electrons. The van der Waals surface area contributed by atoms with Crippen LogP contribution in [0.1, 0.15) is 67.4 Å². The molecule has 6 nitrogen and oxygen atoms in total. The molecule has 0 aliphatic carbocycles. The number of nitrogens with zero attached hydrogens (tertiary/aromatic N) is 4. The van der Waals surface area contributed by atoms with E-state index in [2.05, 4.69) is 23.2 Å². The molecule has 0 bridgehead atoms. The molecule has 1 aromatic carbocycles. The first kappa shape index (κ1) is 22.4. The summed E-state index contributed by atoms with van der Waals surface area (Å²) in [7, 11) is 0. The van der Waals surface area contributed by atoms with Gasteiger partial charge < -0.3 is 5.32 Å². The molecule has 7 heteroatoms. The van der Waals surface area contributed by atoms with Gasteiger partial charge in [0.1, 0.15) is 5.82 Å². The van der Waals surface area contributed by atoms with Crippen LogP contribution in [0.4, 0.5) is 4.39 Å². The van der Waals surface area contributed by atoms with Crippen LogP contribution in [0.25, 0.3) is 5.65 Å². The molecule has 0 spiro atoms. The highest BCUT2D eigenvalue weighted by Crippen LogP contribution is 2.33. The number of carbonyl (C=O) groups excluding carboxylic acids is 1. The van der Waals surface area contributed by atoms with E-state index in [0.29, 0.717) is 12.8 Å². The predicted molar refractivity (Wildman–Crippen MR) is 123 cm³/mol. The first-order chi connectivity index (χ1) is 15.3. The van der Waals surface area contributed by atoms with Crippen molar-refractivity contribution in [1.29, 1.82) is 0 Å². The summed E-state index contributed by atoms with van der Waals surface area (Å²) in [5.74, 6) is -0.149. The number of carbonyl (C=O) groups is 1. The Kier molecular flexibility index (Phi) is 6.55. The summed E-state index contributed by atoms with van der Waals surface area (Å²) in [6.45, 7) is 9.77. The first-order valence-corrected chi connectivity index (χ1v) is 11.5. The number of amides is 1. The fraction of sp³-hybridized carbons (Fsp3) is 0.480. The molecule has 1 aliphatic heterocycles. The van der Waals surface area contributed by atoms with Gasteiger partial charge in [0.05, 0.1) is 11.7 Å². The Morgan fingerprint density at radius 3 is 2.72 bits per heavy atom. The highest BCUT2D eigenvalue weighted by atomic mass is 19.1. The quantitative estimate of drug-likeness (QED) is 0.599. The fourth-order valence-electron chi connectivity index (χ4n) is 4.68. The van der Waals surface area contributed by atoms with Crippen LogP contribution in [0.2, 0.25) is 0 Å². The van der Waals surface area contributed by atoms with E-state index in [9.17, 15) is 9.18 Å². The lowest BCUT2D eigenvalue weighted by atomic mass is 10.1. The van der Waals surface area contributed by atoms with Crippen LogP contribution in [0, 0.1) is 19.7 Å². The van der Waals surface area contributed by atoms with Crippen molar-refractivity contribution in [2.75, 3.05) is 6.54 Å². The summed E-state index contributed by atoms with van der Waals surface area (Å²) in [6, 6.07) is 9.19. The van der Waals surface area contributed by atoms with Crippen LogP contribution in [0.5, 0.6) is 0 Å². The van der Waals surface area contributed by atoms with Crippen molar-refractivity contribution >= 4 is 11.6 Å². The van der Waals surface area contributed by atoms with Gasteiger partial charge in [-0.3, -0.25) is 9.69 Å². The van der Waals surface area contributed by atoms with E-state index >= 15 is 0 Å². The lowest BCUT2D eigenvalue weighted by molar-refractivity contribution is -0.121. The molecule has 3 heterocycles. The second kappa shape index (κ2) is 9.36. The van der Waals surface area contributed by atoms with Crippen LogP contribution in [-0.2, 0) is 17.8 Å². The zero-order chi connectivity index (χ0) is 22.8. The summed E-state index contributed by atoms with van der Waals surface area (Å²) in [5, 5.41) is 7.88. The average molecular weight is 438 g/mol. The molecule has 1 fully saturated rings. The Morgan fingerprint density at radius 1 is 1.25 bits per heavy atom. The Labute approximate surface area is 188 Å². The minimum Gasteiger partial charge on any atom is -0.354 e. The van der Waals surface area contributed by atoms with E-state index in [1.807, 2.05) is 37.4 Å². The molecular formula is C25H32FN5O. The third-order valence-electron chi connectivity index (χ3n) is 6.24. The minimum absolute atomic E-state index is 0.0578. The number of halogens is 1. The molecule has 1 atom stereocenters. The van der Waals surface area contributed by atoms with Crippen molar-refractivity contribution in [3.8, 4) is 0 Å². The Bertz CT molecular complexity index is 1110. The summed E-state index contributed by atoms with van der Waals surface area (Å²) >= 11 is 0. The third kappa shape index (κ3) is 4.83. The number of hydrogen-bond donors (Lipinski definition) is 1. The topological polar surface area (TPSA) is 62.5 Å². The number of likely N-dealkylation sites (tertiary alicyclic amines) is 1. The van der Waals surface area contributed by atoms with Gasteiger partial charge >= 0.3 is 0 Å². The highest BCUT2D eigenvalue weighted by Gasteiger charge is 2.29. The van der Waals surface area contributed by atoms with Crippen molar-refractivity contribution < 1.29 is 9.18 Å². The van der Waals surface area contributed by atoms with E-state index in [1.54, 1.807) is 0 Å². The van der Waals surface area contributed by atoms with Gasteiger partial charge in [0.15, 0.2) is 5.65 Å². The molecule has 1 saturated heterocycles. The van der Waals surface area contributed by atoms with Gasteiger partial charge in [-0.15, -0.1) is 0 Å². The normalized spacial score (nSPS) is 16.9. The van der Waals surface area contributed by atoms with Crippen molar-refractivity contribution in [3.05, 3.63) is 64.4 Å². The van der Waals surface area contributed by atoms with Crippen molar-refractivity contribution in [2.24, 2.45) is 0 Å². The molecule has 170 valence electrons. The second-order valence-corrected chi connectivity index (χ2v) is 9.08. The maximum Gasteiger partial charge on any atom is 0.220 e. The molecule has 3 aromatic rings. The Morgan fingerprint density at radius 2 is 2.00 bits per heavy atom. The van der Waals surface area contributed by atoms with Gasteiger partial charge in [-0.05, 0) is 76.8 Å². The van der Waals surface area contributed by atoms with Gasteiger partial charge in [0.2, 0.25) is 5.91 Å². The molecule has 4 rings (SSSR count). The van der Waals surface area contributed by atoms with Crippen LogP contribution in [-0.4, -0.2) is 38.0 Å². The molecule has 1 N–H and O–H groups in total. The van der Waals surface area contributed by atoms with Crippen molar-refractivity contribution in [2.45, 2.75) is 72.0 Å². The molecule has 0 saturated carbocycles. The lowest BCUT2D eigenvalue weighted by Gasteiger charge is -2.23. The minimum atomic E-state index is -0.207. The number of aryl methyl sites for hydroxylation is 2. The summed E-state index contributed by atoms with van der Waals surface area (Å²) in [5.41, 5.74) is 6.05. The summed E-state index contributed by atoms with van der Waals surface area (Å²) in [4.78, 5) is 19.3. The van der Waals surface area contributed by atoms with Gasteiger partial charge in [0, 0.05) is 36.5 Å². The van der Waals surface area contributed by atoms with Gasteiger partial charge in [-0.25, -0.2) is 13.9 Å². The number of hydrogen-bond acceptors (Lipinski definition) is 4. The van der Waals surface area contributed by atoms with E-state index < -0.39 is 0 Å². The van der Waals surface area contributed by atoms with E-state index in [4.69, 9.17) is 10.1 Å².